The molecule has 0 rings (SSSR count). The van der Waals surface area contributed by atoms with Crippen molar-refractivity contribution in [3.05, 3.63) is 0 Å². The average Bonchev–Trinajstić information content (AvgIpc) is 2.25. The van der Waals surface area contributed by atoms with Gasteiger partial charge in [0.25, 0.3) is 0 Å². The van der Waals surface area contributed by atoms with Gasteiger partial charge in [-0.05, 0) is 25.8 Å². The lowest BCUT2D eigenvalue weighted by atomic mass is 10.1. The number of hydrogen-bond acceptors (Lipinski definition) is 3. The maximum atomic E-state index is 11.5. The fraction of sp³-hybridized carbons (Fsp3) is 0.909. The molecule has 3 N–H and O–H groups in total. The Morgan fingerprint density at radius 2 is 2.07 bits per heavy atom. The fourth-order valence-corrected chi connectivity index (χ4v) is 1.25. The lowest BCUT2D eigenvalue weighted by Crippen LogP contribution is -2.35. The first kappa shape index (κ1) is 14.4. The molecule has 1 amide bonds. The van der Waals surface area contributed by atoms with Crippen LogP contribution in [0.2, 0.25) is 0 Å². The van der Waals surface area contributed by atoms with Gasteiger partial charge in [0.2, 0.25) is 5.91 Å². The molecule has 0 aromatic rings. The van der Waals surface area contributed by atoms with Gasteiger partial charge in [-0.25, -0.2) is 0 Å². The zero-order valence-corrected chi connectivity index (χ0v) is 9.88. The first-order valence-corrected chi connectivity index (χ1v) is 5.81. The molecule has 1 atom stereocenters. The van der Waals surface area contributed by atoms with E-state index in [1.54, 1.807) is 0 Å². The predicted molar refractivity (Wildman–Crippen MR) is 61.7 cm³/mol. The highest BCUT2D eigenvalue weighted by Crippen LogP contribution is 1.95. The van der Waals surface area contributed by atoms with Crippen LogP contribution in [-0.2, 0) is 4.79 Å². The van der Waals surface area contributed by atoms with Crippen molar-refractivity contribution >= 4 is 5.91 Å². The summed E-state index contributed by atoms with van der Waals surface area (Å²) in [5, 5.41) is 14.6. The number of carbonyl (C=O) groups excluding carboxylic acids is 1. The summed E-state index contributed by atoms with van der Waals surface area (Å²) in [6.45, 7) is 6.54. The van der Waals surface area contributed by atoms with Gasteiger partial charge in [0, 0.05) is 25.6 Å². The van der Waals surface area contributed by atoms with Crippen molar-refractivity contribution in [2.24, 2.45) is 5.92 Å². The van der Waals surface area contributed by atoms with E-state index in [2.05, 4.69) is 10.6 Å². The monoisotopic (exact) mass is 216 g/mol. The Morgan fingerprint density at radius 3 is 2.67 bits per heavy atom. The molecule has 0 aromatic heterocycles. The number of nitrogens with one attached hydrogen (secondary N) is 2. The molecule has 0 bridgehead atoms. The van der Waals surface area contributed by atoms with Gasteiger partial charge in [-0.3, -0.25) is 4.79 Å². The minimum atomic E-state index is 0.0304. The van der Waals surface area contributed by atoms with E-state index in [0.29, 0.717) is 0 Å². The Labute approximate surface area is 92.4 Å². The second kappa shape index (κ2) is 9.93. The van der Waals surface area contributed by atoms with Gasteiger partial charge in [-0.1, -0.05) is 13.8 Å². The van der Waals surface area contributed by atoms with E-state index in [0.717, 1.165) is 38.9 Å². The summed E-state index contributed by atoms with van der Waals surface area (Å²) in [5.41, 5.74) is 0. The van der Waals surface area contributed by atoms with Gasteiger partial charge in [0.1, 0.15) is 0 Å². The number of amides is 1. The minimum absolute atomic E-state index is 0.0304. The second-order valence-electron chi connectivity index (χ2n) is 3.78. The van der Waals surface area contributed by atoms with Crippen molar-refractivity contribution in [3.63, 3.8) is 0 Å². The number of hydrogen-bond donors (Lipinski definition) is 3. The lowest BCUT2D eigenvalue weighted by molar-refractivity contribution is -0.124. The highest BCUT2D eigenvalue weighted by molar-refractivity contribution is 5.78. The van der Waals surface area contributed by atoms with Crippen molar-refractivity contribution in [1.82, 2.24) is 10.6 Å². The summed E-state index contributed by atoms with van der Waals surface area (Å²) >= 11 is 0. The quantitative estimate of drug-likeness (QED) is 0.492. The van der Waals surface area contributed by atoms with Crippen LogP contribution in [-0.4, -0.2) is 37.3 Å². The first-order chi connectivity index (χ1) is 7.22. The van der Waals surface area contributed by atoms with E-state index in [1.165, 1.54) is 0 Å². The number of aliphatic hydroxyl groups is 1. The Kier molecular flexibility index (Phi) is 9.52. The highest BCUT2D eigenvalue weighted by atomic mass is 16.2. The summed E-state index contributed by atoms with van der Waals surface area (Å²) in [7, 11) is 0. The molecular formula is C11H24N2O2. The predicted octanol–water partition coefficient (Wildman–Crippen LogP) is 0.511. The van der Waals surface area contributed by atoms with Crippen LogP contribution < -0.4 is 10.6 Å². The molecule has 0 aliphatic carbocycles. The van der Waals surface area contributed by atoms with E-state index in [-0.39, 0.29) is 18.4 Å². The topological polar surface area (TPSA) is 61.4 Å². The molecule has 90 valence electrons. The summed E-state index contributed by atoms with van der Waals surface area (Å²) in [4.78, 5) is 11.5. The molecule has 4 heteroatoms. The molecule has 15 heavy (non-hydrogen) atoms. The molecular weight excluding hydrogens is 192 g/mol. The summed E-state index contributed by atoms with van der Waals surface area (Å²) < 4.78 is 0. The van der Waals surface area contributed by atoms with Crippen LogP contribution in [0.3, 0.4) is 0 Å². The zero-order valence-electron chi connectivity index (χ0n) is 9.88. The van der Waals surface area contributed by atoms with Crippen molar-refractivity contribution in [2.75, 3.05) is 26.2 Å². The van der Waals surface area contributed by atoms with Crippen LogP contribution in [0, 0.1) is 5.92 Å². The maximum Gasteiger partial charge on any atom is 0.224 e. The molecule has 0 saturated heterocycles. The van der Waals surface area contributed by atoms with E-state index < -0.39 is 0 Å². The molecule has 0 aliphatic rings. The molecule has 0 fully saturated rings. The number of carbonyl (C=O) groups is 1. The third kappa shape index (κ3) is 8.39. The fourth-order valence-electron chi connectivity index (χ4n) is 1.25. The molecule has 4 nitrogen and oxygen atoms in total. The van der Waals surface area contributed by atoms with Crippen LogP contribution in [0.25, 0.3) is 0 Å². The molecule has 0 saturated carbocycles. The van der Waals surface area contributed by atoms with Crippen molar-refractivity contribution in [2.45, 2.75) is 33.1 Å². The number of unbranched alkanes of at least 4 members (excludes halogenated alkanes) is 2. The largest absolute Gasteiger partial charge is 0.396 e. The summed E-state index contributed by atoms with van der Waals surface area (Å²) in [6, 6.07) is 0. The van der Waals surface area contributed by atoms with Crippen molar-refractivity contribution < 1.29 is 9.90 Å². The zero-order chi connectivity index (χ0) is 11.5. The molecule has 0 spiro atoms. The van der Waals surface area contributed by atoms with Crippen LogP contribution in [0.5, 0.6) is 0 Å². The molecule has 0 radical (unpaired) electrons. The molecule has 0 heterocycles. The Balaban J connectivity index is 3.38. The van der Waals surface area contributed by atoms with Gasteiger partial charge < -0.3 is 15.7 Å². The van der Waals surface area contributed by atoms with Gasteiger partial charge in [-0.15, -0.1) is 0 Å². The Hall–Kier alpha value is -0.610. The molecule has 0 aromatic carbocycles. The van der Waals surface area contributed by atoms with Crippen LogP contribution in [0.4, 0.5) is 0 Å². The Morgan fingerprint density at radius 1 is 1.33 bits per heavy atom. The SMILES string of the molecule is CCNCC(C)C(=O)NCCCCCO. The van der Waals surface area contributed by atoms with Gasteiger partial charge in [0.05, 0.1) is 0 Å². The minimum Gasteiger partial charge on any atom is -0.396 e. The summed E-state index contributed by atoms with van der Waals surface area (Å²) in [5.74, 6) is 0.141. The van der Waals surface area contributed by atoms with E-state index >= 15 is 0 Å². The third-order valence-corrected chi connectivity index (χ3v) is 2.28. The van der Waals surface area contributed by atoms with E-state index in [9.17, 15) is 4.79 Å². The van der Waals surface area contributed by atoms with Gasteiger partial charge in [0.15, 0.2) is 0 Å². The number of rotatable bonds is 9. The van der Waals surface area contributed by atoms with Crippen LogP contribution in [0.1, 0.15) is 33.1 Å². The van der Waals surface area contributed by atoms with E-state index in [1.807, 2.05) is 13.8 Å². The molecule has 1 unspecified atom stereocenters. The maximum absolute atomic E-state index is 11.5. The smallest absolute Gasteiger partial charge is 0.224 e. The summed E-state index contributed by atoms with van der Waals surface area (Å²) in [6.07, 6.45) is 2.74. The van der Waals surface area contributed by atoms with Crippen LogP contribution >= 0.6 is 0 Å². The molecule has 0 aliphatic heterocycles. The van der Waals surface area contributed by atoms with Crippen molar-refractivity contribution in [1.29, 1.82) is 0 Å². The normalized spacial score (nSPS) is 12.5. The van der Waals surface area contributed by atoms with Gasteiger partial charge >= 0.3 is 0 Å². The Bertz CT molecular complexity index is 163. The third-order valence-electron chi connectivity index (χ3n) is 2.28. The lowest BCUT2D eigenvalue weighted by Gasteiger charge is -2.12. The highest BCUT2D eigenvalue weighted by Gasteiger charge is 2.10. The average molecular weight is 216 g/mol. The first-order valence-electron chi connectivity index (χ1n) is 5.81. The van der Waals surface area contributed by atoms with Crippen LogP contribution in [0.15, 0.2) is 0 Å². The van der Waals surface area contributed by atoms with E-state index in [4.69, 9.17) is 5.11 Å². The van der Waals surface area contributed by atoms with Crippen molar-refractivity contribution in [3.8, 4) is 0 Å². The standard InChI is InChI=1S/C11H24N2O2/c1-3-12-9-10(2)11(15)13-7-5-4-6-8-14/h10,12,14H,3-9H2,1-2H3,(H,13,15). The number of aliphatic hydroxyl groups excluding tert-OH is 1. The van der Waals surface area contributed by atoms with Gasteiger partial charge in [-0.2, -0.15) is 0 Å². The second-order valence-corrected chi connectivity index (χ2v) is 3.78.